The van der Waals surface area contributed by atoms with Crippen molar-refractivity contribution in [3.05, 3.63) is 75.2 Å². The van der Waals surface area contributed by atoms with Gasteiger partial charge in [-0.2, -0.15) is 0 Å². The summed E-state index contributed by atoms with van der Waals surface area (Å²) in [7, 11) is 0.795. The summed E-state index contributed by atoms with van der Waals surface area (Å²) in [4.78, 5) is 28.2. The molecule has 3 aromatic carbocycles. The van der Waals surface area contributed by atoms with Crippen LogP contribution in [0.1, 0.15) is 20.7 Å². The molecule has 3 rings (SSSR count). The van der Waals surface area contributed by atoms with Crippen molar-refractivity contribution in [3.63, 3.8) is 0 Å². The lowest BCUT2D eigenvalue weighted by molar-refractivity contribution is 0.103. The van der Waals surface area contributed by atoms with Crippen molar-refractivity contribution in [1.29, 1.82) is 0 Å². The van der Waals surface area contributed by atoms with Gasteiger partial charge in [-0.3, -0.25) is 9.59 Å². The summed E-state index contributed by atoms with van der Waals surface area (Å²) in [6.07, 6.45) is 0. The highest BCUT2D eigenvalue weighted by atomic mass is 79.9. The van der Waals surface area contributed by atoms with Crippen LogP contribution in [0.15, 0.2) is 59.1 Å². The molecule has 0 radical (unpaired) electrons. The zero-order chi connectivity index (χ0) is 25.0. The van der Waals surface area contributed by atoms with Crippen LogP contribution >= 0.6 is 34.7 Å². The predicted molar refractivity (Wildman–Crippen MR) is 134 cm³/mol. The normalized spacial score (nSPS) is 12.4. The Bertz CT molecular complexity index is 1240. The highest BCUT2D eigenvalue weighted by Gasteiger charge is 2.47. The van der Waals surface area contributed by atoms with Gasteiger partial charge in [0.1, 0.15) is 28.4 Å². The number of hydrogen-bond donors (Lipinski definition) is 0. The van der Waals surface area contributed by atoms with E-state index < -0.39 is 18.2 Å². The summed E-state index contributed by atoms with van der Waals surface area (Å²) < 4.78 is 36.5. The lowest BCUT2D eigenvalue weighted by atomic mass is 10.2. The molecule has 0 aliphatic carbocycles. The van der Waals surface area contributed by atoms with Gasteiger partial charge in [0.05, 0.1) is 37.9 Å². The van der Waals surface area contributed by atoms with Crippen LogP contribution in [0.25, 0.3) is 0 Å². The van der Waals surface area contributed by atoms with Crippen LogP contribution in [0, 0.1) is 0 Å². The van der Waals surface area contributed by atoms with E-state index >= 15 is 0 Å². The van der Waals surface area contributed by atoms with E-state index in [-0.39, 0.29) is 44.5 Å². The molecule has 0 spiro atoms. The maximum absolute atomic E-state index is 14.7. The molecule has 0 saturated heterocycles. The number of hydrogen-bond acceptors (Lipinski definition) is 7. The van der Waals surface area contributed by atoms with Crippen LogP contribution in [0.4, 0.5) is 0 Å². The average molecular weight is 568 g/mol. The Labute approximate surface area is 210 Å². The number of methoxy groups -OCH3 is 4. The van der Waals surface area contributed by atoms with Crippen LogP contribution in [-0.2, 0) is 4.57 Å². The molecule has 34 heavy (non-hydrogen) atoms. The molecular formula is C24H21BrClO7P. The summed E-state index contributed by atoms with van der Waals surface area (Å²) in [5.74, 6) is 0.184. The third-order valence-corrected chi connectivity index (χ3v) is 8.58. The lowest BCUT2D eigenvalue weighted by Crippen LogP contribution is -2.22. The Morgan fingerprint density at radius 2 is 1.29 bits per heavy atom. The first kappa shape index (κ1) is 25.8. The molecule has 0 amide bonds. The van der Waals surface area contributed by atoms with Gasteiger partial charge < -0.3 is 23.5 Å². The van der Waals surface area contributed by atoms with E-state index in [0.717, 1.165) is 0 Å². The minimum absolute atomic E-state index is 0.0261. The van der Waals surface area contributed by atoms with E-state index in [1.165, 1.54) is 58.8 Å². The molecule has 7 nitrogen and oxygen atoms in total. The fraction of sp³-hybridized carbons (Fsp3) is 0.167. The van der Waals surface area contributed by atoms with E-state index in [4.69, 9.17) is 30.5 Å². The van der Waals surface area contributed by atoms with Gasteiger partial charge in [0, 0.05) is 5.30 Å². The molecular weight excluding hydrogens is 547 g/mol. The molecule has 178 valence electrons. The molecule has 0 aliphatic rings. The van der Waals surface area contributed by atoms with Crippen molar-refractivity contribution in [3.8, 4) is 23.0 Å². The Morgan fingerprint density at radius 1 is 0.765 bits per heavy atom. The second-order valence-electron chi connectivity index (χ2n) is 6.87. The second kappa shape index (κ2) is 10.6. The third kappa shape index (κ3) is 4.33. The minimum Gasteiger partial charge on any atom is -0.496 e. The summed E-state index contributed by atoms with van der Waals surface area (Å²) >= 11 is 9.63. The highest BCUT2D eigenvalue weighted by molar-refractivity contribution is 9.10. The van der Waals surface area contributed by atoms with Crippen LogP contribution in [0.3, 0.4) is 0 Å². The smallest absolute Gasteiger partial charge is 0.249 e. The molecule has 1 atom stereocenters. The maximum atomic E-state index is 14.7. The molecule has 3 aromatic rings. The van der Waals surface area contributed by atoms with E-state index in [2.05, 4.69) is 15.9 Å². The van der Waals surface area contributed by atoms with Crippen LogP contribution in [-0.4, -0.2) is 39.5 Å². The summed E-state index contributed by atoms with van der Waals surface area (Å²) in [6, 6.07) is 13.9. The van der Waals surface area contributed by atoms with Gasteiger partial charge in [-0.05, 0) is 34.1 Å². The first-order valence-corrected chi connectivity index (χ1v) is 12.7. The quantitative estimate of drug-likeness (QED) is 0.302. The Kier molecular flexibility index (Phi) is 8.08. The number of halogens is 2. The van der Waals surface area contributed by atoms with Gasteiger partial charge in [0.15, 0.2) is 5.75 Å². The monoisotopic (exact) mass is 566 g/mol. The van der Waals surface area contributed by atoms with Crippen molar-refractivity contribution >= 4 is 51.0 Å². The molecule has 0 aliphatic heterocycles. The number of carbonyl (C=O) groups excluding carboxylic acids is 2. The zero-order valence-corrected chi connectivity index (χ0v) is 22.0. The van der Waals surface area contributed by atoms with E-state index in [1.54, 1.807) is 24.3 Å². The molecule has 1 unspecified atom stereocenters. The van der Waals surface area contributed by atoms with Crippen molar-refractivity contribution in [1.82, 2.24) is 0 Å². The zero-order valence-electron chi connectivity index (χ0n) is 18.8. The number of ether oxygens (including phenoxy) is 4. The molecule has 0 aromatic heterocycles. The Hall–Kier alpha value is -2.80. The van der Waals surface area contributed by atoms with Crippen molar-refractivity contribution in [2.75, 3.05) is 28.4 Å². The number of rotatable bonds is 9. The molecule has 10 heteroatoms. The standard InChI is InChI=1S/C24H21BrClO7P/c1-30-17-11-8-12-18(31-2)19(17)23(27)34(29,14-9-6-5-7-10-14)24(28)20-21(32-3)15(25)13-16(26)22(20)33-4/h5-13H,1-4H3. The first-order chi connectivity index (χ1) is 16.3. The predicted octanol–water partition coefficient (Wildman–Crippen LogP) is 5.81. The van der Waals surface area contributed by atoms with Crippen LogP contribution < -0.4 is 24.3 Å². The molecule has 0 N–H and O–H groups in total. The van der Waals surface area contributed by atoms with Gasteiger partial charge in [-0.1, -0.05) is 48.0 Å². The topological polar surface area (TPSA) is 88.1 Å². The lowest BCUT2D eigenvalue weighted by Gasteiger charge is -2.22. The fourth-order valence-electron chi connectivity index (χ4n) is 3.52. The van der Waals surface area contributed by atoms with Crippen molar-refractivity contribution in [2.24, 2.45) is 0 Å². The highest BCUT2D eigenvalue weighted by Crippen LogP contribution is 2.57. The summed E-state index contributed by atoms with van der Waals surface area (Å²) in [5.41, 5.74) is -2.31. The molecule has 0 heterocycles. The summed E-state index contributed by atoms with van der Waals surface area (Å²) in [5, 5.41) is 0.0959. The molecule has 0 bridgehead atoms. The minimum atomic E-state index is -4.58. The van der Waals surface area contributed by atoms with Crippen LogP contribution in [0.2, 0.25) is 5.02 Å². The summed E-state index contributed by atoms with van der Waals surface area (Å²) in [6.45, 7) is 0. The van der Waals surface area contributed by atoms with E-state index in [1.807, 2.05) is 0 Å². The van der Waals surface area contributed by atoms with E-state index in [9.17, 15) is 14.2 Å². The third-order valence-electron chi connectivity index (χ3n) is 5.10. The molecule has 0 fully saturated rings. The van der Waals surface area contributed by atoms with Gasteiger partial charge in [0.25, 0.3) is 0 Å². The van der Waals surface area contributed by atoms with Crippen LogP contribution in [0.5, 0.6) is 23.0 Å². The Balaban J connectivity index is 2.41. The van der Waals surface area contributed by atoms with Crippen molar-refractivity contribution < 1.29 is 33.1 Å². The second-order valence-corrected chi connectivity index (χ2v) is 10.7. The average Bonchev–Trinajstić information content (AvgIpc) is 2.86. The fourth-order valence-corrected chi connectivity index (χ4v) is 6.82. The maximum Gasteiger partial charge on any atom is 0.249 e. The largest absolute Gasteiger partial charge is 0.496 e. The number of carbonyl (C=O) groups is 2. The van der Waals surface area contributed by atoms with Gasteiger partial charge >= 0.3 is 0 Å². The van der Waals surface area contributed by atoms with E-state index in [0.29, 0.717) is 4.47 Å². The Morgan fingerprint density at radius 3 is 1.79 bits per heavy atom. The SMILES string of the molecule is COc1cccc(OC)c1C(=O)P(=O)(C(=O)c1c(OC)c(Cl)cc(Br)c1OC)c1ccccc1. The first-order valence-electron chi connectivity index (χ1n) is 9.82. The van der Waals surface area contributed by atoms with Gasteiger partial charge in [0.2, 0.25) is 18.2 Å². The van der Waals surface area contributed by atoms with Gasteiger partial charge in [-0.15, -0.1) is 0 Å². The van der Waals surface area contributed by atoms with Gasteiger partial charge in [-0.25, -0.2) is 0 Å². The van der Waals surface area contributed by atoms with Crippen molar-refractivity contribution in [2.45, 2.75) is 0 Å². The molecule has 0 saturated carbocycles. The number of benzene rings is 3.